The molecule has 2 N–H and O–H groups in total. The molecule has 0 aliphatic heterocycles. The van der Waals surface area contributed by atoms with Gasteiger partial charge in [-0.2, -0.15) is 0 Å². The van der Waals surface area contributed by atoms with Gasteiger partial charge in [-0.3, -0.25) is 4.79 Å². The minimum Gasteiger partial charge on any atom is -0.478 e. The van der Waals surface area contributed by atoms with Gasteiger partial charge < -0.3 is 15.2 Å². The van der Waals surface area contributed by atoms with E-state index in [1.54, 1.807) is 0 Å². The number of amides is 1. The predicted molar refractivity (Wildman–Crippen MR) is 63.9 cm³/mol. The third-order valence-corrected chi connectivity index (χ3v) is 2.67. The van der Waals surface area contributed by atoms with Crippen LogP contribution in [-0.4, -0.2) is 30.7 Å². The maximum Gasteiger partial charge on any atom is 0.337 e. The van der Waals surface area contributed by atoms with Gasteiger partial charge >= 0.3 is 5.97 Å². The van der Waals surface area contributed by atoms with Gasteiger partial charge in [0.05, 0.1) is 21.3 Å². The summed E-state index contributed by atoms with van der Waals surface area (Å²) >= 11 is 11.6. The number of carboxylic acids is 1. The fraction of sp³-hybridized carbons (Fsp3) is 0.200. The molecule has 0 bridgehead atoms. The summed E-state index contributed by atoms with van der Waals surface area (Å²) in [6, 6.07) is 2.61. The topological polar surface area (TPSA) is 75.6 Å². The summed E-state index contributed by atoms with van der Waals surface area (Å²) in [6.45, 7) is -0.206. The van der Waals surface area contributed by atoms with E-state index in [4.69, 9.17) is 28.3 Å². The van der Waals surface area contributed by atoms with Gasteiger partial charge in [0, 0.05) is 7.11 Å². The lowest BCUT2D eigenvalue weighted by Crippen LogP contribution is -2.19. The number of benzene rings is 1. The lowest BCUT2D eigenvalue weighted by Gasteiger charge is -2.11. The predicted octanol–water partition coefficient (Wildman–Crippen LogP) is 2.28. The Hall–Kier alpha value is -1.30. The first-order chi connectivity index (χ1) is 7.97. The molecule has 0 aliphatic carbocycles. The van der Waals surface area contributed by atoms with E-state index in [0.29, 0.717) is 0 Å². The Bertz CT molecular complexity index is 462. The van der Waals surface area contributed by atoms with E-state index in [0.717, 1.165) is 0 Å². The van der Waals surface area contributed by atoms with Gasteiger partial charge in [-0.05, 0) is 12.1 Å². The fourth-order valence-corrected chi connectivity index (χ4v) is 1.53. The van der Waals surface area contributed by atoms with Crippen LogP contribution >= 0.6 is 23.2 Å². The van der Waals surface area contributed by atoms with Crippen LogP contribution in [0.1, 0.15) is 10.4 Å². The van der Waals surface area contributed by atoms with Crippen molar-refractivity contribution in [2.24, 2.45) is 0 Å². The summed E-state index contributed by atoms with van der Waals surface area (Å²) in [5, 5.41) is 11.4. The molecule has 0 atom stereocenters. The van der Waals surface area contributed by atoms with Crippen molar-refractivity contribution in [1.82, 2.24) is 0 Å². The number of carbonyl (C=O) groups is 2. The molecule has 92 valence electrons. The Morgan fingerprint density at radius 1 is 1.41 bits per heavy atom. The third-order valence-electron chi connectivity index (χ3n) is 1.87. The number of hydrogen-bond acceptors (Lipinski definition) is 3. The minimum absolute atomic E-state index is 0.0176. The Balaban J connectivity index is 3.14. The van der Waals surface area contributed by atoms with Crippen molar-refractivity contribution < 1.29 is 19.4 Å². The molecule has 0 saturated carbocycles. The second kappa shape index (κ2) is 5.86. The quantitative estimate of drug-likeness (QED) is 0.885. The molecule has 0 aromatic heterocycles. The number of carbonyl (C=O) groups excluding carboxylic acids is 1. The molecule has 17 heavy (non-hydrogen) atoms. The van der Waals surface area contributed by atoms with Crippen LogP contribution in [0.4, 0.5) is 5.69 Å². The van der Waals surface area contributed by atoms with Gasteiger partial charge in [0.15, 0.2) is 0 Å². The van der Waals surface area contributed by atoms with Crippen molar-refractivity contribution in [2.45, 2.75) is 0 Å². The molecular formula is C10H9Cl2NO4. The molecule has 0 saturated heterocycles. The maximum atomic E-state index is 11.3. The smallest absolute Gasteiger partial charge is 0.337 e. The van der Waals surface area contributed by atoms with E-state index >= 15 is 0 Å². The largest absolute Gasteiger partial charge is 0.478 e. The van der Waals surface area contributed by atoms with Gasteiger partial charge in [0.1, 0.15) is 6.61 Å². The molecule has 0 heterocycles. The number of aromatic carboxylic acids is 1. The SMILES string of the molecule is COCC(=O)Nc1c(C(=O)O)ccc(Cl)c1Cl. The molecule has 0 unspecified atom stereocenters. The van der Waals surface area contributed by atoms with E-state index in [1.165, 1.54) is 19.2 Å². The first-order valence-corrected chi connectivity index (χ1v) is 5.23. The number of halogens is 2. The lowest BCUT2D eigenvalue weighted by atomic mass is 10.1. The number of methoxy groups -OCH3 is 1. The summed E-state index contributed by atoms with van der Waals surface area (Å²) in [7, 11) is 1.34. The van der Waals surface area contributed by atoms with Crippen LogP contribution < -0.4 is 5.32 Å². The lowest BCUT2D eigenvalue weighted by molar-refractivity contribution is -0.119. The van der Waals surface area contributed by atoms with Crippen LogP contribution in [-0.2, 0) is 9.53 Å². The molecule has 0 aliphatic rings. The minimum atomic E-state index is -1.21. The van der Waals surface area contributed by atoms with Crippen LogP contribution in [0, 0.1) is 0 Å². The Morgan fingerprint density at radius 2 is 2.06 bits per heavy atom. The fourth-order valence-electron chi connectivity index (χ4n) is 1.16. The summed E-state index contributed by atoms with van der Waals surface area (Å²) in [6.07, 6.45) is 0. The van der Waals surface area contributed by atoms with Crippen molar-refractivity contribution in [3.8, 4) is 0 Å². The maximum absolute atomic E-state index is 11.3. The monoisotopic (exact) mass is 277 g/mol. The highest BCUT2D eigenvalue weighted by Gasteiger charge is 2.17. The van der Waals surface area contributed by atoms with Crippen molar-refractivity contribution >= 4 is 40.8 Å². The normalized spacial score (nSPS) is 10.1. The first-order valence-electron chi connectivity index (χ1n) is 4.47. The highest BCUT2D eigenvalue weighted by Crippen LogP contribution is 2.33. The summed E-state index contributed by atoms with van der Waals surface area (Å²) in [4.78, 5) is 22.3. The average molecular weight is 278 g/mol. The van der Waals surface area contributed by atoms with E-state index in [2.05, 4.69) is 10.1 Å². The van der Waals surface area contributed by atoms with Gasteiger partial charge in [0.25, 0.3) is 0 Å². The number of rotatable bonds is 4. The molecule has 0 fully saturated rings. The van der Waals surface area contributed by atoms with Crippen molar-refractivity contribution in [1.29, 1.82) is 0 Å². The molecule has 1 amide bonds. The van der Waals surface area contributed by atoms with Crippen molar-refractivity contribution in [3.63, 3.8) is 0 Å². The molecule has 5 nitrogen and oxygen atoms in total. The highest BCUT2D eigenvalue weighted by atomic mass is 35.5. The van der Waals surface area contributed by atoms with Crippen LogP contribution in [0.5, 0.6) is 0 Å². The molecule has 7 heteroatoms. The van der Waals surface area contributed by atoms with Gasteiger partial charge in [-0.25, -0.2) is 4.79 Å². The van der Waals surface area contributed by atoms with E-state index in [1.807, 2.05) is 0 Å². The van der Waals surface area contributed by atoms with Crippen molar-refractivity contribution in [3.05, 3.63) is 27.7 Å². The van der Waals surface area contributed by atoms with Crippen LogP contribution in [0.15, 0.2) is 12.1 Å². The van der Waals surface area contributed by atoms with Crippen LogP contribution in [0.2, 0.25) is 10.0 Å². The number of carboxylic acid groups (broad SMARTS) is 1. The second-order valence-electron chi connectivity index (χ2n) is 3.07. The standard InChI is InChI=1S/C10H9Cl2NO4/c1-17-4-7(14)13-9-5(10(15)16)2-3-6(11)8(9)12/h2-3H,4H2,1H3,(H,13,14)(H,15,16). The molecule has 1 aromatic carbocycles. The molecular weight excluding hydrogens is 269 g/mol. The average Bonchev–Trinajstić information content (AvgIpc) is 2.25. The van der Waals surface area contributed by atoms with Crippen LogP contribution in [0.3, 0.4) is 0 Å². The zero-order valence-corrected chi connectivity index (χ0v) is 10.3. The molecule has 0 spiro atoms. The highest BCUT2D eigenvalue weighted by molar-refractivity contribution is 6.44. The second-order valence-corrected chi connectivity index (χ2v) is 3.86. The molecule has 1 rings (SSSR count). The van der Waals surface area contributed by atoms with Gasteiger partial charge in [-0.1, -0.05) is 23.2 Å². The molecule has 0 radical (unpaired) electrons. The van der Waals surface area contributed by atoms with E-state index in [9.17, 15) is 9.59 Å². The van der Waals surface area contributed by atoms with E-state index in [-0.39, 0.29) is 27.9 Å². The number of anilines is 1. The van der Waals surface area contributed by atoms with Crippen molar-refractivity contribution in [2.75, 3.05) is 19.0 Å². The van der Waals surface area contributed by atoms with Crippen LogP contribution in [0.25, 0.3) is 0 Å². The van der Waals surface area contributed by atoms with E-state index < -0.39 is 11.9 Å². The summed E-state index contributed by atoms with van der Waals surface area (Å²) < 4.78 is 4.61. The zero-order valence-electron chi connectivity index (χ0n) is 8.79. The first kappa shape index (κ1) is 13.8. The Morgan fingerprint density at radius 3 is 2.59 bits per heavy atom. The zero-order chi connectivity index (χ0) is 13.0. The number of nitrogens with one attached hydrogen (secondary N) is 1. The number of hydrogen-bond donors (Lipinski definition) is 2. The molecule has 1 aromatic rings. The van der Waals surface area contributed by atoms with Gasteiger partial charge in [0.2, 0.25) is 5.91 Å². The number of ether oxygens (including phenoxy) is 1. The summed E-state index contributed by atoms with van der Waals surface area (Å²) in [5.41, 5.74) is -0.169. The summed E-state index contributed by atoms with van der Waals surface area (Å²) in [5.74, 6) is -1.73. The van der Waals surface area contributed by atoms with Gasteiger partial charge in [-0.15, -0.1) is 0 Å². The third kappa shape index (κ3) is 3.33. The Kier molecular flexibility index (Phi) is 4.74. The Labute approximate surface area is 107 Å².